The molecule has 99 valence electrons. The van der Waals surface area contributed by atoms with Gasteiger partial charge in [0.1, 0.15) is 17.3 Å². The molecule has 0 spiro atoms. The van der Waals surface area contributed by atoms with Gasteiger partial charge in [0.15, 0.2) is 0 Å². The predicted molar refractivity (Wildman–Crippen MR) is 72.3 cm³/mol. The van der Waals surface area contributed by atoms with Gasteiger partial charge >= 0.3 is 0 Å². The first-order chi connectivity index (χ1) is 9.26. The van der Waals surface area contributed by atoms with Gasteiger partial charge in [-0.15, -0.1) is 5.10 Å². The largest absolute Gasteiger partial charge is 0.497 e. The van der Waals surface area contributed by atoms with E-state index in [0.717, 1.165) is 18.6 Å². The number of pyridine rings is 1. The minimum Gasteiger partial charge on any atom is -0.497 e. The molecule has 3 rings (SSSR count). The summed E-state index contributed by atoms with van der Waals surface area (Å²) in [5.74, 6) is 1.26. The fraction of sp³-hybridized carbons (Fsp3) is 0.308. The SMILES string of the molecule is COc1ccnc(C(=O)NC2=NN=C(C3CC3)[CH]2)c1.[HH]. The van der Waals surface area contributed by atoms with Gasteiger partial charge in [-0.05, 0) is 24.8 Å². The molecule has 2 aliphatic rings. The molecule has 6 heteroatoms. The van der Waals surface area contributed by atoms with E-state index in [0.29, 0.717) is 17.5 Å². The van der Waals surface area contributed by atoms with E-state index < -0.39 is 0 Å². The lowest BCUT2D eigenvalue weighted by Crippen LogP contribution is -2.31. The highest BCUT2D eigenvalue weighted by Gasteiger charge is 2.31. The van der Waals surface area contributed by atoms with Gasteiger partial charge in [0.05, 0.1) is 19.2 Å². The maximum absolute atomic E-state index is 12.0. The fourth-order valence-corrected chi connectivity index (χ4v) is 1.79. The van der Waals surface area contributed by atoms with E-state index in [-0.39, 0.29) is 13.0 Å². The van der Waals surface area contributed by atoms with Gasteiger partial charge in [-0.1, -0.05) is 0 Å². The Bertz CT molecular complexity index is 581. The Morgan fingerprint density at radius 1 is 1.47 bits per heavy atom. The third-order valence-corrected chi connectivity index (χ3v) is 2.99. The van der Waals surface area contributed by atoms with Crippen molar-refractivity contribution in [3.05, 3.63) is 30.4 Å². The smallest absolute Gasteiger partial charge is 0.275 e. The Morgan fingerprint density at radius 2 is 2.32 bits per heavy atom. The van der Waals surface area contributed by atoms with E-state index in [1.54, 1.807) is 19.2 Å². The monoisotopic (exact) mass is 259 g/mol. The van der Waals surface area contributed by atoms with Gasteiger partial charge in [-0.25, -0.2) is 0 Å². The number of nitrogens with one attached hydrogen (secondary N) is 1. The summed E-state index contributed by atoms with van der Waals surface area (Å²) in [4.78, 5) is 16.0. The van der Waals surface area contributed by atoms with Crippen LogP contribution in [0.15, 0.2) is 28.5 Å². The van der Waals surface area contributed by atoms with E-state index in [1.807, 2.05) is 6.42 Å². The molecule has 1 N–H and O–H groups in total. The normalized spacial score (nSPS) is 17.7. The lowest BCUT2D eigenvalue weighted by molar-refractivity contribution is 0.0972. The first-order valence-electron chi connectivity index (χ1n) is 6.08. The maximum Gasteiger partial charge on any atom is 0.275 e. The summed E-state index contributed by atoms with van der Waals surface area (Å²) in [5.41, 5.74) is 1.24. The molecule has 1 radical (unpaired) electrons. The third-order valence-electron chi connectivity index (χ3n) is 2.99. The first kappa shape index (κ1) is 11.8. The molecule has 1 aromatic rings. The van der Waals surface area contributed by atoms with Crippen LogP contribution in [0, 0.1) is 12.3 Å². The molecule has 1 fully saturated rings. The number of aromatic nitrogens is 1. The molecule has 2 heterocycles. The molecule has 0 unspecified atom stereocenters. The molecule has 0 atom stereocenters. The van der Waals surface area contributed by atoms with Crippen LogP contribution in [-0.4, -0.2) is 29.5 Å². The maximum atomic E-state index is 12.0. The molecular weight excluding hydrogens is 244 g/mol. The molecule has 0 aromatic carbocycles. The minimum absolute atomic E-state index is 0. The van der Waals surface area contributed by atoms with Crippen molar-refractivity contribution in [3.8, 4) is 5.75 Å². The zero-order chi connectivity index (χ0) is 13.2. The van der Waals surface area contributed by atoms with Gasteiger partial charge in [-0.2, -0.15) is 5.10 Å². The molecule has 1 saturated carbocycles. The van der Waals surface area contributed by atoms with E-state index >= 15 is 0 Å². The summed E-state index contributed by atoms with van der Waals surface area (Å²) in [7, 11) is 1.54. The summed E-state index contributed by atoms with van der Waals surface area (Å²) in [6.07, 6.45) is 5.66. The second kappa shape index (κ2) is 4.79. The molecule has 6 nitrogen and oxygen atoms in total. The summed E-state index contributed by atoms with van der Waals surface area (Å²) in [6.45, 7) is 0. The average Bonchev–Trinajstić information content (AvgIpc) is 3.19. The zero-order valence-electron chi connectivity index (χ0n) is 10.5. The number of nitrogens with zero attached hydrogens (tertiary/aromatic N) is 3. The number of amidine groups is 1. The Balaban J connectivity index is 0.00000147. The zero-order valence-corrected chi connectivity index (χ0v) is 10.5. The van der Waals surface area contributed by atoms with Crippen LogP contribution in [0.4, 0.5) is 0 Å². The highest BCUT2D eigenvalue weighted by Crippen LogP contribution is 2.32. The molecule has 0 saturated heterocycles. The van der Waals surface area contributed by atoms with E-state index in [1.165, 1.54) is 6.20 Å². The van der Waals surface area contributed by atoms with Crippen molar-refractivity contribution in [2.45, 2.75) is 12.8 Å². The lowest BCUT2D eigenvalue weighted by Gasteiger charge is -2.05. The Kier molecular flexibility index (Phi) is 2.98. The number of hydrogen-bond acceptors (Lipinski definition) is 5. The van der Waals surface area contributed by atoms with E-state index in [9.17, 15) is 4.79 Å². The highest BCUT2D eigenvalue weighted by atomic mass is 16.5. The lowest BCUT2D eigenvalue weighted by atomic mass is 10.2. The number of carbonyl (C=O) groups is 1. The topological polar surface area (TPSA) is 75.9 Å². The van der Waals surface area contributed by atoms with Crippen molar-refractivity contribution in [2.24, 2.45) is 16.1 Å². The number of carbonyl (C=O) groups excluding carboxylic acids is 1. The van der Waals surface area contributed by atoms with Crippen molar-refractivity contribution in [2.75, 3.05) is 7.11 Å². The third kappa shape index (κ3) is 2.62. The quantitative estimate of drug-likeness (QED) is 0.892. The van der Waals surface area contributed by atoms with Crippen LogP contribution in [0.25, 0.3) is 0 Å². The number of hydrogen-bond donors (Lipinski definition) is 1. The van der Waals surface area contributed by atoms with Gasteiger partial charge in [0, 0.05) is 13.7 Å². The Labute approximate surface area is 112 Å². The Hall–Kier alpha value is -2.24. The van der Waals surface area contributed by atoms with Crippen LogP contribution in [0.2, 0.25) is 0 Å². The molecule has 0 bridgehead atoms. The van der Waals surface area contributed by atoms with Gasteiger partial charge < -0.3 is 10.1 Å². The summed E-state index contributed by atoms with van der Waals surface area (Å²) in [5, 5.41) is 10.7. The van der Waals surface area contributed by atoms with Gasteiger partial charge in [0.2, 0.25) is 0 Å². The Morgan fingerprint density at radius 3 is 3.05 bits per heavy atom. The molecule has 1 aliphatic carbocycles. The molecule has 1 amide bonds. The first-order valence-corrected chi connectivity index (χ1v) is 6.08. The second-order valence-electron chi connectivity index (χ2n) is 4.46. The van der Waals surface area contributed by atoms with Crippen molar-refractivity contribution in [1.82, 2.24) is 10.3 Å². The molecule has 1 aliphatic heterocycles. The summed E-state index contributed by atoms with van der Waals surface area (Å²) >= 11 is 0. The van der Waals surface area contributed by atoms with Crippen LogP contribution >= 0.6 is 0 Å². The number of ether oxygens (including phenoxy) is 1. The average molecular weight is 259 g/mol. The molecule has 19 heavy (non-hydrogen) atoms. The van der Waals surface area contributed by atoms with Crippen molar-refractivity contribution in [3.63, 3.8) is 0 Å². The fourth-order valence-electron chi connectivity index (χ4n) is 1.79. The predicted octanol–water partition coefficient (Wildman–Crippen LogP) is 1.45. The van der Waals surface area contributed by atoms with Crippen LogP contribution < -0.4 is 10.1 Å². The van der Waals surface area contributed by atoms with E-state index in [2.05, 4.69) is 20.5 Å². The van der Waals surface area contributed by atoms with Crippen LogP contribution in [-0.2, 0) is 0 Å². The van der Waals surface area contributed by atoms with E-state index in [4.69, 9.17) is 4.74 Å². The standard InChI is InChI=1S/C13H13N4O2.H2/c1-19-9-4-5-14-11(6-9)13(18)15-12-7-10(16-17-12)8-2-3-8;/h4-8H,2-3H2,1H3,(H,15,17,18);1H. The van der Waals surface area contributed by atoms with Crippen molar-refractivity contribution in [1.29, 1.82) is 0 Å². The van der Waals surface area contributed by atoms with Crippen molar-refractivity contribution < 1.29 is 11.0 Å². The highest BCUT2D eigenvalue weighted by molar-refractivity contribution is 6.22. The van der Waals surface area contributed by atoms with Crippen LogP contribution in [0.1, 0.15) is 24.8 Å². The van der Waals surface area contributed by atoms with Crippen LogP contribution in [0.3, 0.4) is 0 Å². The molecule has 1 aromatic heterocycles. The van der Waals surface area contributed by atoms with Gasteiger partial charge in [0.25, 0.3) is 5.91 Å². The summed E-state index contributed by atoms with van der Waals surface area (Å²) < 4.78 is 5.05. The van der Waals surface area contributed by atoms with Crippen molar-refractivity contribution >= 4 is 17.5 Å². The number of methoxy groups -OCH3 is 1. The minimum atomic E-state index is -0.318. The number of rotatable bonds is 3. The molecular formula is C13H15N4O2. The summed E-state index contributed by atoms with van der Waals surface area (Å²) in [6, 6.07) is 3.26. The number of amides is 1. The van der Waals surface area contributed by atoms with Crippen LogP contribution in [0.5, 0.6) is 5.75 Å². The van der Waals surface area contributed by atoms with Gasteiger partial charge in [-0.3, -0.25) is 9.78 Å². The second-order valence-corrected chi connectivity index (χ2v) is 4.46.